The predicted octanol–water partition coefficient (Wildman–Crippen LogP) is 3.14. The number of benzene rings is 1. The van der Waals surface area contributed by atoms with E-state index < -0.39 is 11.7 Å². The van der Waals surface area contributed by atoms with Crippen LogP contribution in [-0.4, -0.2) is 43.0 Å². The zero-order valence-corrected chi connectivity index (χ0v) is 14.5. The number of carbonyl (C=O) groups is 1. The van der Waals surface area contributed by atoms with Crippen molar-refractivity contribution >= 4 is 24.0 Å². The summed E-state index contributed by atoms with van der Waals surface area (Å²) in [6, 6.07) is 4.54. The maximum Gasteiger partial charge on any atom is 0.416 e. The average Bonchev–Trinajstić information content (AvgIpc) is 2.53. The first-order valence-electron chi connectivity index (χ1n) is 7.70. The van der Waals surface area contributed by atoms with Gasteiger partial charge in [-0.3, -0.25) is 9.69 Å². The highest BCUT2D eigenvalue weighted by Gasteiger charge is 2.30. The molecule has 2 atom stereocenters. The van der Waals surface area contributed by atoms with E-state index in [1.165, 1.54) is 12.1 Å². The number of amides is 1. The summed E-state index contributed by atoms with van der Waals surface area (Å²) < 4.78 is 37.6. The molecule has 136 valence electrons. The Balaban J connectivity index is 0.00000288. The third-order valence-corrected chi connectivity index (χ3v) is 4.27. The van der Waals surface area contributed by atoms with E-state index in [4.69, 9.17) is 0 Å². The molecule has 0 aliphatic carbocycles. The van der Waals surface area contributed by atoms with Gasteiger partial charge in [-0.05, 0) is 57.6 Å². The number of likely N-dealkylation sites (N-methyl/N-ethyl adjacent to an activating group) is 1. The molecule has 0 aromatic heterocycles. The fourth-order valence-corrected chi connectivity index (χ4v) is 2.75. The largest absolute Gasteiger partial charge is 0.416 e. The second-order valence-corrected chi connectivity index (χ2v) is 5.86. The molecule has 0 saturated carbocycles. The molecule has 24 heavy (non-hydrogen) atoms. The topological polar surface area (TPSA) is 44.4 Å². The number of nitrogens with zero attached hydrogens (tertiary/aromatic N) is 1. The Labute approximate surface area is 146 Å². The second kappa shape index (κ2) is 8.69. The van der Waals surface area contributed by atoms with Crippen molar-refractivity contribution in [3.05, 3.63) is 29.8 Å². The molecule has 4 nitrogen and oxygen atoms in total. The molecule has 1 aliphatic rings. The van der Waals surface area contributed by atoms with Crippen molar-refractivity contribution in [2.24, 2.45) is 0 Å². The molecule has 2 N–H and O–H groups in total. The highest BCUT2D eigenvalue weighted by atomic mass is 35.5. The van der Waals surface area contributed by atoms with Gasteiger partial charge in [0.15, 0.2) is 0 Å². The monoisotopic (exact) mass is 365 g/mol. The SMILES string of the molecule is CNC1CCCN(C(C)C(=O)Nc2ccc(C(F)(F)F)cc2)C1.Cl. The van der Waals surface area contributed by atoms with E-state index in [0.717, 1.165) is 38.1 Å². The number of nitrogens with one attached hydrogen (secondary N) is 2. The van der Waals surface area contributed by atoms with Gasteiger partial charge in [0.2, 0.25) is 5.91 Å². The molecule has 1 amide bonds. The lowest BCUT2D eigenvalue weighted by molar-refractivity contribution is -0.137. The van der Waals surface area contributed by atoms with Gasteiger partial charge in [-0.2, -0.15) is 13.2 Å². The summed E-state index contributed by atoms with van der Waals surface area (Å²) in [6.45, 7) is 3.45. The van der Waals surface area contributed by atoms with E-state index in [0.29, 0.717) is 11.7 Å². The third-order valence-electron chi connectivity index (χ3n) is 4.27. The van der Waals surface area contributed by atoms with Gasteiger partial charge in [-0.15, -0.1) is 12.4 Å². The maximum atomic E-state index is 12.5. The van der Waals surface area contributed by atoms with Gasteiger partial charge < -0.3 is 10.6 Å². The predicted molar refractivity (Wildman–Crippen MR) is 90.4 cm³/mol. The summed E-state index contributed by atoms with van der Waals surface area (Å²) >= 11 is 0. The van der Waals surface area contributed by atoms with E-state index in [1.807, 2.05) is 14.0 Å². The molecular formula is C16H23ClF3N3O. The van der Waals surface area contributed by atoms with E-state index in [-0.39, 0.29) is 24.4 Å². The lowest BCUT2D eigenvalue weighted by Gasteiger charge is -2.35. The van der Waals surface area contributed by atoms with Gasteiger partial charge in [-0.1, -0.05) is 0 Å². The number of likely N-dealkylation sites (tertiary alicyclic amines) is 1. The molecule has 0 radical (unpaired) electrons. The Bertz CT molecular complexity index is 536. The van der Waals surface area contributed by atoms with E-state index in [2.05, 4.69) is 15.5 Å². The number of anilines is 1. The Kier molecular flexibility index (Phi) is 7.51. The molecule has 8 heteroatoms. The van der Waals surface area contributed by atoms with Crippen molar-refractivity contribution in [3.8, 4) is 0 Å². The molecular weight excluding hydrogens is 343 g/mol. The van der Waals surface area contributed by atoms with Gasteiger partial charge in [0, 0.05) is 18.3 Å². The summed E-state index contributed by atoms with van der Waals surface area (Å²) in [5.74, 6) is -0.207. The van der Waals surface area contributed by atoms with Crippen LogP contribution in [0.4, 0.5) is 18.9 Å². The standard InChI is InChI=1S/C16H22F3N3O.ClH/c1-11(22-9-3-4-14(10-22)20-2)15(23)21-13-7-5-12(6-8-13)16(17,18)19;/h5-8,11,14,20H,3-4,9-10H2,1-2H3,(H,21,23);1H. The molecule has 0 spiro atoms. The van der Waals surface area contributed by atoms with E-state index in [9.17, 15) is 18.0 Å². The van der Waals surface area contributed by atoms with Crippen LogP contribution in [-0.2, 0) is 11.0 Å². The minimum Gasteiger partial charge on any atom is -0.325 e. The van der Waals surface area contributed by atoms with Crippen LogP contribution in [0.3, 0.4) is 0 Å². The van der Waals surface area contributed by atoms with Gasteiger partial charge >= 0.3 is 6.18 Å². The number of carbonyl (C=O) groups excluding carboxylic acids is 1. The molecule has 1 aromatic carbocycles. The first-order chi connectivity index (χ1) is 10.8. The number of rotatable bonds is 4. The third kappa shape index (κ3) is 5.36. The van der Waals surface area contributed by atoms with Gasteiger partial charge in [0.05, 0.1) is 11.6 Å². The summed E-state index contributed by atoms with van der Waals surface area (Å²) in [7, 11) is 1.90. The molecule has 1 aliphatic heterocycles. The van der Waals surface area contributed by atoms with Crippen molar-refractivity contribution in [3.63, 3.8) is 0 Å². The smallest absolute Gasteiger partial charge is 0.325 e. The number of hydrogen-bond donors (Lipinski definition) is 2. The zero-order chi connectivity index (χ0) is 17.0. The Morgan fingerprint density at radius 2 is 1.92 bits per heavy atom. The first kappa shape index (κ1) is 20.7. The fraction of sp³-hybridized carbons (Fsp3) is 0.562. The molecule has 0 bridgehead atoms. The number of halogens is 4. The van der Waals surface area contributed by atoms with Crippen LogP contribution in [0.15, 0.2) is 24.3 Å². The molecule has 1 heterocycles. The summed E-state index contributed by atoms with van der Waals surface area (Å²) in [6.07, 6.45) is -2.27. The average molecular weight is 366 g/mol. The van der Waals surface area contributed by atoms with Crippen LogP contribution in [0.5, 0.6) is 0 Å². The van der Waals surface area contributed by atoms with Crippen LogP contribution < -0.4 is 10.6 Å². The molecule has 1 saturated heterocycles. The van der Waals surface area contributed by atoms with E-state index >= 15 is 0 Å². The Hall–Kier alpha value is -1.31. The van der Waals surface area contributed by atoms with Crippen molar-refractivity contribution in [2.75, 3.05) is 25.5 Å². The number of piperidine rings is 1. The van der Waals surface area contributed by atoms with Crippen LogP contribution in [0, 0.1) is 0 Å². The van der Waals surface area contributed by atoms with Crippen molar-refractivity contribution in [1.29, 1.82) is 0 Å². The van der Waals surface area contributed by atoms with Crippen LogP contribution in [0.25, 0.3) is 0 Å². The normalized spacial score (nSPS) is 20.1. The van der Waals surface area contributed by atoms with Gasteiger partial charge in [0.25, 0.3) is 0 Å². The summed E-state index contributed by atoms with van der Waals surface area (Å²) in [5.41, 5.74) is -0.353. The van der Waals surface area contributed by atoms with Crippen LogP contribution in [0.1, 0.15) is 25.3 Å². The lowest BCUT2D eigenvalue weighted by Crippen LogP contribution is -2.51. The van der Waals surface area contributed by atoms with Crippen molar-refractivity contribution in [2.45, 2.75) is 38.0 Å². The van der Waals surface area contributed by atoms with E-state index in [1.54, 1.807) is 0 Å². The Morgan fingerprint density at radius 3 is 2.46 bits per heavy atom. The minimum absolute atomic E-state index is 0. The number of hydrogen-bond acceptors (Lipinski definition) is 3. The highest BCUT2D eigenvalue weighted by molar-refractivity contribution is 5.94. The number of alkyl halides is 3. The van der Waals surface area contributed by atoms with Crippen LogP contribution in [0.2, 0.25) is 0 Å². The minimum atomic E-state index is -4.37. The van der Waals surface area contributed by atoms with Crippen molar-refractivity contribution < 1.29 is 18.0 Å². The summed E-state index contributed by atoms with van der Waals surface area (Å²) in [4.78, 5) is 14.4. The second-order valence-electron chi connectivity index (χ2n) is 5.86. The zero-order valence-electron chi connectivity index (χ0n) is 13.7. The molecule has 1 aromatic rings. The Morgan fingerprint density at radius 1 is 1.29 bits per heavy atom. The maximum absolute atomic E-state index is 12.5. The summed E-state index contributed by atoms with van der Waals surface area (Å²) in [5, 5.41) is 5.90. The lowest BCUT2D eigenvalue weighted by atomic mass is 10.0. The van der Waals surface area contributed by atoms with Crippen LogP contribution >= 0.6 is 12.4 Å². The fourth-order valence-electron chi connectivity index (χ4n) is 2.75. The molecule has 2 rings (SSSR count). The first-order valence-corrected chi connectivity index (χ1v) is 7.70. The highest BCUT2D eigenvalue weighted by Crippen LogP contribution is 2.29. The molecule has 1 fully saturated rings. The van der Waals surface area contributed by atoms with Gasteiger partial charge in [-0.25, -0.2) is 0 Å². The van der Waals surface area contributed by atoms with Gasteiger partial charge in [0.1, 0.15) is 0 Å². The molecule has 2 unspecified atom stereocenters. The van der Waals surface area contributed by atoms with Crippen molar-refractivity contribution in [1.82, 2.24) is 10.2 Å². The quantitative estimate of drug-likeness (QED) is 0.861.